The molecule has 0 bridgehead atoms. The van der Waals surface area contributed by atoms with Crippen LogP contribution in [0, 0.1) is 0 Å². The smallest absolute Gasteiger partial charge is 0.337 e. The SMILES string of the molecule is COC(=O)c1ccc(/C=N/NC(=O)c2cccnc2)cc1. The Morgan fingerprint density at radius 3 is 2.57 bits per heavy atom. The number of ether oxygens (including phenoxy) is 1. The van der Waals surface area contributed by atoms with Gasteiger partial charge in [0, 0.05) is 12.4 Å². The van der Waals surface area contributed by atoms with Gasteiger partial charge in [-0.15, -0.1) is 0 Å². The zero-order valence-corrected chi connectivity index (χ0v) is 11.3. The number of pyridine rings is 1. The molecule has 0 radical (unpaired) electrons. The maximum absolute atomic E-state index is 11.7. The normalized spacial score (nSPS) is 10.3. The standard InChI is InChI=1S/C15H13N3O3/c1-21-15(20)12-6-4-11(5-7-12)9-17-18-14(19)13-3-2-8-16-10-13/h2-10H,1H3,(H,18,19)/b17-9+. The summed E-state index contributed by atoms with van der Waals surface area (Å²) in [4.78, 5) is 26.8. The third-order valence-electron chi connectivity index (χ3n) is 2.64. The van der Waals surface area contributed by atoms with Gasteiger partial charge in [0.15, 0.2) is 0 Å². The highest BCUT2D eigenvalue weighted by atomic mass is 16.5. The van der Waals surface area contributed by atoms with Crippen molar-refractivity contribution in [3.05, 3.63) is 65.5 Å². The average Bonchev–Trinajstić information content (AvgIpc) is 2.55. The van der Waals surface area contributed by atoms with Crippen molar-refractivity contribution < 1.29 is 14.3 Å². The van der Waals surface area contributed by atoms with Gasteiger partial charge in [0.25, 0.3) is 5.91 Å². The molecule has 21 heavy (non-hydrogen) atoms. The Kier molecular flexibility index (Phi) is 4.76. The van der Waals surface area contributed by atoms with E-state index in [0.717, 1.165) is 5.56 Å². The Labute approximate surface area is 121 Å². The number of amides is 1. The van der Waals surface area contributed by atoms with Gasteiger partial charge in [-0.25, -0.2) is 10.2 Å². The highest BCUT2D eigenvalue weighted by Gasteiger charge is 2.04. The van der Waals surface area contributed by atoms with E-state index in [2.05, 4.69) is 20.2 Å². The van der Waals surface area contributed by atoms with Gasteiger partial charge in [0.05, 0.1) is 24.5 Å². The Morgan fingerprint density at radius 2 is 1.95 bits per heavy atom. The molecule has 1 heterocycles. The summed E-state index contributed by atoms with van der Waals surface area (Å²) in [6.07, 6.45) is 4.52. The molecular formula is C15H13N3O3. The Balaban J connectivity index is 1.95. The van der Waals surface area contributed by atoms with E-state index in [9.17, 15) is 9.59 Å². The summed E-state index contributed by atoms with van der Waals surface area (Å²) in [5.41, 5.74) is 4.02. The number of aromatic nitrogens is 1. The molecular weight excluding hydrogens is 270 g/mol. The van der Waals surface area contributed by atoms with Gasteiger partial charge < -0.3 is 4.74 Å². The van der Waals surface area contributed by atoms with E-state index < -0.39 is 5.97 Å². The average molecular weight is 283 g/mol. The van der Waals surface area contributed by atoms with E-state index in [1.165, 1.54) is 19.5 Å². The summed E-state index contributed by atoms with van der Waals surface area (Å²) in [6.45, 7) is 0. The molecule has 0 fully saturated rings. The van der Waals surface area contributed by atoms with Crippen LogP contribution in [0.3, 0.4) is 0 Å². The first-order valence-corrected chi connectivity index (χ1v) is 6.12. The van der Waals surface area contributed by atoms with Crippen LogP contribution in [-0.4, -0.2) is 30.2 Å². The van der Waals surface area contributed by atoms with Crippen molar-refractivity contribution in [2.75, 3.05) is 7.11 Å². The monoisotopic (exact) mass is 283 g/mol. The Morgan fingerprint density at radius 1 is 1.19 bits per heavy atom. The zero-order chi connectivity index (χ0) is 15.1. The number of nitrogens with zero attached hydrogens (tertiary/aromatic N) is 2. The van der Waals surface area contributed by atoms with E-state index in [1.54, 1.807) is 42.6 Å². The van der Waals surface area contributed by atoms with Crippen LogP contribution in [0.1, 0.15) is 26.3 Å². The predicted molar refractivity (Wildman–Crippen MR) is 77.1 cm³/mol. The number of hydrogen-bond acceptors (Lipinski definition) is 5. The molecule has 0 saturated carbocycles. The van der Waals surface area contributed by atoms with Gasteiger partial charge >= 0.3 is 5.97 Å². The molecule has 0 aliphatic carbocycles. The lowest BCUT2D eigenvalue weighted by atomic mass is 10.1. The van der Waals surface area contributed by atoms with Crippen LogP contribution in [0.15, 0.2) is 53.9 Å². The number of hydrazone groups is 1. The number of hydrogen-bond donors (Lipinski definition) is 1. The van der Waals surface area contributed by atoms with Crippen molar-refractivity contribution in [3.63, 3.8) is 0 Å². The molecule has 2 rings (SSSR count). The van der Waals surface area contributed by atoms with Crippen molar-refractivity contribution in [2.45, 2.75) is 0 Å². The summed E-state index contributed by atoms with van der Waals surface area (Å²) < 4.78 is 4.60. The minimum atomic E-state index is -0.400. The van der Waals surface area contributed by atoms with Crippen LogP contribution in [-0.2, 0) is 4.74 Å². The molecule has 1 N–H and O–H groups in total. The minimum absolute atomic E-state index is 0.342. The Bertz CT molecular complexity index is 652. The molecule has 0 saturated heterocycles. The van der Waals surface area contributed by atoms with Crippen molar-refractivity contribution in [3.8, 4) is 0 Å². The second kappa shape index (κ2) is 6.95. The maximum Gasteiger partial charge on any atom is 0.337 e. The number of nitrogens with one attached hydrogen (secondary N) is 1. The summed E-state index contributed by atoms with van der Waals surface area (Å²) in [5, 5.41) is 3.84. The summed E-state index contributed by atoms with van der Waals surface area (Å²) in [7, 11) is 1.33. The van der Waals surface area contributed by atoms with Gasteiger partial charge in [-0.1, -0.05) is 12.1 Å². The summed E-state index contributed by atoms with van der Waals surface area (Å²) in [6, 6.07) is 9.96. The number of carbonyl (C=O) groups excluding carboxylic acids is 2. The van der Waals surface area contributed by atoms with Gasteiger partial charge in [0.2, 0.25) is 0 Å². The van der Waals surface area contributed by atoms with E-state index in [-0.39, 0.29) is 5.91 Å². The van der Waals surface area contributed by atoms with Crippen LogP contribution in [0.4, 0.5) is 0 Å². The molecule has 6 nitrogen and oxygen atoms in total. The molecule has 1 amide bonds. The third-order valence-corrected chi connectivity index (χ3v) is 2.64. The number of methoxy groups -OCH3 is 1. The minimum Gasteiger partial charge on any atom is -0.465 e. The Hall–Kier alpha value is -3.02. The van der Waals surface area contributed by atoms with Gasteiger partial charge in [0.1, 0.15) is 0 Å². The number of carbonyl (C=O) groups is 2. The molecule has 1 aromatic heterocycles. The molecule has 0 atom stereocenters. The number of benzene rings is 1. The zero-order valence-electron chi connectivity index (χ0n) is 11.3. The molecule has 0 spiro atoms. The first-order valence-electron chi connectivity index (χ1n) is 6.12. The van der Waals surface area contributed by atoms with Crippen molar-refractivity contribution in [1.29, 1.82) is 0 Å². The van der Waals surface area contributed by atoms with Crippen LogP contribution in [0.5, 0.6) is 0 Å². The first kappa shape index (κ1) is 14.4. The molecule has 0 unspecified atom stereocenters. The molecule has 0 aliphatic heterocycles. The van der Waals surface area contributed by atoms with Gasteiger partial charge in [-0.2, -0.15) is 5.10 Å². The fourth-order valence-corrected chi connectivity index (χ4v) is 1.55. The van der Waals surface area contributed by atoms with Gasteiger partial charge in [-0.05, 0) is 29.8 Å². The van der Waals surface area contributed by atoms with Crippen molar-refractivity contribution >= 4 is 18.1 Å². The van der Waals surface area contributed by atoms with Gasteiger partial charge in [-0.3, -0.25) is 9.78 Å². The highest BCUT2D eigenvalue weighted by Crippen LogP contribution is 2.04. The van der Waals surface area contributed by atoms with E-state index in [4.69, 9.17) is 0 Å². The van der Waals surface area contributed by atoms with Crippen LogP contribution < -0.4 is 5.43 Å². The lowest BCUT2D eigenvalue weighted by Crippen LogP contribution is -2.17. The predicted octanol–water partition coefficient (Wildman–Crippen LogP) is 1.63. The fourth-order valence-electron chi connectivity index (χ4n) is 1.55. The van der Waals surface area contributed by atoms with Crippen LogP contribution in [0.2, 0.25) is 0 Å². The van der Waals surface area contributed by atoms with Crippen molar-refractivity contribution in [1.82, 2.24) is 10.4 Å². The molecule has 2 aromatic rings. The summed E-state index contributed by atoms with van der Waals surface area (Å²) >= 11 is 0. The topological polar surface area (TPSA) is 80.6 Å². The second-order valence-electron chi connectivity index (χ2n) is 4.05. The van der Waals surface area contributed by atoms with Crippen molar-refractivity contribution in [2.24, 2.45) is 5.10 Å². The second-order valence-corrected chi connectivity index (χ2v) is 4.05. The quantitative estimate of drug-likeness (QED) is 0.525. The molecule has 6 heteroatoms. The van der Waals surface area contributed by atoms with E-state index in [0.29, 0.717) is 11.1 Å². The number of rotatable bonds is 4. The van der Waals surface area contributed by atoms with E-state index >= 15 is 0 Å². The molecule has 106 valence electrons. The van der Waals surface area contributed by atoms with Crippen LogP contribution >= 0.6 is 0 Å². The largest absolute Gasteiger partial charge is 0.465 e. The molecule has 0 aliphatic rings. The lowest BCUT2D eigenvalue weighted by Gasteiger charge is -2.00. The third kappa shape index (κ3) is 3.97. The fraction of sp³-hybridized carbons (Fsp3) is 0.0667. The highest BCUT2D eigenvalue weighted by molar-refractivity contribution is 5.94. The van der Waals surface area contributed by atoms with Crippen LogP contribution in [0.25, 0.3) is 0 Å². The number of esters is 1. The lowest BCUT2D eigenvalue weighted by molar-refractivity contribution is 0.0600. The summed E-state index contributed by atoms with van der Waals surface area (Å²) in [5.74, 6) is -0.742. The van der Waals surface area contributed by atoms with E-state index in [1.807, 2.05) is 0 Å². The maximum atomic E-state index is 11.7. The molecule has 1 aromatic carbocycles. The first-order chi connectivity index (χ1) is 10.2.